The third-order valence-corrected chi connectivity index (χ3v) is 3.87. The Bertz CT molecular complexity index is 428. The van der Waals surface area contributed by atoms with Gasteiger partial charge in [-0.1, -0.05) is 13.0 Å². The molecule has 1 unspecified atom stereocenters. The van der Waals surface area contributed by atoms with E-state index in [-0.39, 0.29) is 0 Å². The summed E-state index contributed by atoms with van der Waals surface area (Å²) < 4.78 is 0. The molecule has 0 N–H and O–H groups in total. The van der Waals surface area contributed by atoms with Gasteiger partial charge < -0.3 is 4.90 Å². The molecule has 0 saturated carbocycles. The molecule has 3 heteroatoms. The highest BCUT2D eigenvalue weighted by atomic mass is 15.3. The molecular formula is C15H21N3. The fraction of sp³-hybridized carbons (Fsp3) is 0.533. The van der Waals surface area contributed by atoms with E-state index >= 15 is 0 Å². The minimum atomic E-state index is 0.678. The molecule has 0 bridgehead atoms. The molecule has 0 amide bonds. The highest BCUT2D eigenvalue weighted by Crippen LogP contribution is 2.19. The van der Waals surface area contributed by atoms with Gasteiger partial charge in [-0.05, 0) is 31.5 Å². The minimum absolute atomic E-state index is 0.678. The molecule has 1 saturated heterocycles. The number of anilines is 1. The van der Waals surface area contributed by atoms with Crippen LogP contribution in [0.4, 0.5) is 5.69 Å². The lowest BCUT2D eigenvalue weighted by Gasteiger charge is -2.39. The lowest BCUT2D eigenvalue weighted by Crippen LogP contribution is -2.49. The number of nitrogens with zero attached hydrogens (tertiary/aromatic N) is 3. The van der Waals surface area contributed by atoms with Gasteiger partial charge in [-0.15, -0.1) is 0 Å². The summed E-state index contributed by atoms with van der Waals surface area (Å²) >= 11 is 0. The molecule has 1 aromatic carbocycles. The van der Waals surface area contributed by atoms with E-state index in [1.807, 2.05) is 18.2 Å². The second-order valence-electron chi connectivity index (χ2n) is 4.94. The molecule has 1 heterocycles. The van der Waals surface area contributed by atoms with Crippen LogP contribution in [0.15, 0.2) is 24.3 Å². The number of hydrogen-bond acceptors (Lipinski definition) is 3. The zero-order chi connectivity index (χ0) is 13.0. The van der Waals surface area contributed by atoms with Crippen molar-refractivity contribution in [3.8, 4) is 6.07 Å². The van der Waals surface area contributed by atoms with E-state index in [1.54, 1.807) is 0 Å². The van der Waals surface area contributed by atoms with E-state index in [4.69, 9.17) is 5.26 Å². The zero-order valence-electron chi connectivity index (χ0n) is 11.3. The van der Waals surface area contributed by atoms with Gasteiger partial charge in [0.1, 0.15) is 0 Å². The fourth-order valence-electron chi connectivity index (χ4n) is 2.45. The van der Waals surface area contributed by atoms with Crippen LogP contribution in [0, 0.1) is 11.3 Å². The molecule has 1 aliphatic heterocycles. The van der Waals surface area contributed by atoms with Gasteiger partial charge >= 0.3 is 0 Å². The lowest BCUT2D eigenvalue weighted by molar-refractivity contribution is 0.193. The van der Waals surface area contributed by atoms with Crippen molar-refractivity contribution >= 4 is 5.69 Å². The van der Waals surface area contributed by atoms with Gasteiger partial charge in [0.2, 0.25) is 0 Å². The Labute approximate surface area is 110 Å². The summed E-state index contributed by atoms with van der Waals surface area (Å²) in [4.78, 5) is 4.92. The largest absolute Gasteiger partial charge is 0.369 e. The van der Waals surface area contributed by atoms with Crippen LogP contribution in [-0.2, 0) is 0 Å². The van der Waals surface area contributed by atoms with Gasteiger partial charge in [0.05, 0.1) is 11.6 Å². The van der Waals surface area contributed by atoms with Gasteiger partial charge in [0.25, 0.3) is 0 Å². The Balaban J connectivity index is 1.99. The first-order chi connectivity index (χ1) is 8.74. The van der Waals surface area contributed by atoms with Crippen LogP contribution in [-0.4, -0.2) is 37.1 Å². The Hall–Kier alpha value is -1.53. The predicted octanol–water partition coefficient (Wildman–Crippen LogP) is 2.48. The van der Waals surface area contributed by atoms with Crippen LogP contribution < -0.4 is 4.90 Å². The molecule has 1 atom stereocenters. The first kappa shape index (κ1) is 12.9. The molecule has 0 aliphatic carbocycles. The van der Waals surface area contributed by atoms with Crippen molar-refractivity contribution in [1.82, 2.24) is 4.90 Å². The van der Waals surface area contributed by atoms with Crippen molar-refractivity contribution in [1.29, 1.82) is 5.26 Å². The van der Waals surface area contributed by atoms with Gasteiger partial charge in [-0.3, -0.25) is 4.90 Å². The maximum Gasteiger partial charge on any atom is 0.0992 e. The molecule has 96 valence electrons. The summed E-state index contributed by atoms with van der Waals surface area (Å²) in [6, 6.07) is 10.8. The van der Waals surface area contributed by atoms with Gasteiger partial charge in [-0.25, -0.2) is 0 Å². The third-order valence-electron chi connectivity index (χ3n) is 3.87. The van der Waals surface area contributed by atoms with Crippen molar-refractivity contribution in [2.75, 3.05) is 31.1 Å². The van der Waals surface area contributed by atoms with Gasteiger partial charge in [0.15, 0.2) is 0 Å². The van der Waals surface area contributed by atoms with Crippen molar-refractivity contribution in [2.45, 2.75) is 26.3 Å². The Morgan fingerprint density at radius 1 is 1.28 bits per heavy atom. The number of benzene rings is 1. The Morgan fingerprint density at radius 2 is 2.00 bits per heavy atom. The van der Waals surface area contributed by atoms with Crippen molar-refractivity contribution in [3.05, 3.63) is 29.8 Å². The highest BCUT2D eigenvalue weighted by Gasteiger charge is 2.20. The zero-order valence-corrected chi connectivity index (χ0v) is 11.3. The standard InChI is InChI=1S/C15H21N3/c1-3-13(2)17-7-9-18(10-8-17)15-6-4-5-14(11-15)12-16/h4-6,11,13H,3,7-10H2,1-2H3. The molecule has 1 aromatic rings. The Morgan fingerprint density at radius 3 is 2.61 bits per heavy atom. The van der Waals surface area contributed by atoms with Crippen LogP contribution in [0.3, 0.4) is 0 Å². The number of hydrogen-bond donors (Lipinski definition) is 0. The van der Waals surface area contributed by atoms with Gasteiger partial charge in [0, 0.05) is 37.9 Å². The van der Waals surface area contributed by atoms with E-state index in [1.165, 1.54) is 12.1 Å². The summed E-state index contributed by atoms with van der Waals surface area (Å²) in [5.74, 6) is 0. The van der Waals surface area contributed by atoms with Crippen molar-refractivity contribution in [2.24, 2.45) is 0 Å². The molecule has 3 nitrogen and oxygen atoms in total. The summed E-state index contributed by atoms with van der Waals surface area (Å²) in [6.07, 6.45) is 1.21. The summed E-state index contributed by atoms with van der Waals surface area (Å²) in [7, 11) is 0. The monoisotopic (exact) mass is 243 g/mol. The number of nitriles is 1. The molecule has 0 spiro atoms. The maximum atomic E-state index is 8.93. The normalized spacial score (nSPS) is 18.4. The predicted molar refractivity (Wildman–Crippen MR) is 74.7 cm³/mol. The number of rotatable bonds is 3. The topological polar surface area (TPSA) is 30.3 Å². The second-order valence-corrected chi connectivity index (χ2v) is 4.94. The summed E-state index contributed by atoms with van der Waals surface area (Å²) in [5, 5.41) is 8.93. The van der Waals surface area contributed by atoms with E-state index in [0.717, 1.165) is 31.7 Å². The van der Waals surface area contributed by atoms with Crippen LogP contribution in [0.2, 0.25) is 0 Å². The quantitative estimate of drug-likeness (QED) is 0.817. The first-order valence-electron chi connectivity index (χ1n) is 6.73. The summed E-state index contributed by atoms with van der Waals surface area (Å²) in [5.41, 5.74) is 1.93. The van der Waals surface area contributed by atoms with Crippen LogP contribution >= 0.6 is 0 Å². The minimum Gasteiger partial charge on any atom is -0.369 e. The molecule has 1 aliphatic rings. The van der Waals surface area contributed by atoms with Gasteiger partial charge in [-0.2, -0.15) is 5.26 Å². The molecular weight excluding hydrogens is 222 g/mol. The van der Waals surface area contributed by atoms with Crippen molar-refractivity contribution < 1.29 is 0 Å². The number of piperazine rings is 1. The van der Waals surface area contributed by atoms with Crippen molar-refractivity contribution in [3.63, 3.8) is 0 Å². The third kappa shape index (κ3) is 2.83. The smallest absolute Gasteiger partial charge is 0.0992 e. The van der Waals surface area contributed by atoms with E-state index in [9.17, 15) is 0 Å². The maximum absolute atomic E-state index is 8.93. The molecule has 0 radical (unpaired) electrons. The van der Waals surface area contributed by atoms with Crippen LogP contribution in [0.5, 0.6) is 0 Å². The fourth-order valence-corrected chi connectivity index (χ4v) is 2.45. The molecule has 0 aromatic heterocycles. The lowest BCUT2D eigenvalue weighted by atomic mass is 10.1. The van der Waals surface area contributed by atoms with E-state index in [0.29, 0.717) is 6.04 Å². The average Bonchev–Trinajstić information content (AvgIpc) is 2.46. The molecule has 2 rings (SSSR count). The van der Waals surface area contributed by atoms with Crippen LogP contribution in [0.25, 0.3) is 0 Å². The average molecular weight is 243 g/mol. The Kier molecular flexibility index (Phi) is 4.22. The van der Waals surface area contributed by atoms with E-state index < -0.39 is 0 Å². The van der Waals surface area contributed by atoms with E-state index in [2.05, 4.69) is 35.8 Å². The SMILES string of the molecule is CCC(C)N1CCN(c2cccc(C#N)c2)CC1. The molecule has 18 heavy (non-hydrogen) atoms. The highest BCUT2D eigenvalue weighted by molar-refractivity contribution is 5.51. The second kappa shape index (κ2) is 5.88. The van der Waals surface area contributed by atoms with Crippen LogP contribution in [0.1, 0.15) is 25.8 Å². The summed E-state index contributed by atoms with van der Waals surface area (Å²) in [6.45, 7) is 8.88. The first-order valence-corrected chi connectivity index (χ1v) is 6.73. The molecule has 1 fully saturated rings.